The molecule has 3 rings (SSSR count). The van der Waals surface area contributed by atoms with E-state index in [-0.39, 0.29) is 16.7 Å². The summed E-state index contributed by atoms with van der Waals surface area (Å²) in [4.78, 5) is 25.0. The van der Waals surface area contributed by atoms with Crippen molar-refractivity contribution in [3.63, 3.8) is 0 Å². The van der Waals surface area contributed by atoms with Gasteiger partial charge in [0.15, 0.2) is 16.7 Å². The van der Waals surface area contributed by atoms with Crippen molar-refractivity contribution in [3.8, 4) is 0 Å². The number of halogens is 1. The number of methoxy groups -OCH3 is 1. The smallest absolute Gasteiger partial charge is 0.271 e. The average Bonchev–Trinajstić information content (AvgIpc) is 2.70. The average molecular weight is 419 g/mol. The monoisotopic (exact) mass is 418 g/mol. The van der Waals surface area contributed by atoms with Crippen LogP contribution >= 0.6 is 11.6 Å². The number of benzene rings is 1. The number of rotatable bonds is 7. The van der Waals surface area contributed by atoms with Gasteiger partial charge in [-0.3, -0.25) is 9.69 Å². The van der Waals surface area contributed by atoms with Crippen molar-refractivity contribution in [3.05, 3.63) is 40.8 Å². The molecule has 1 aromatic carbocycles. The molecule has 0 spiro atoms. The topological polar surface area (TPSA) is 96.6 Å². The van der Waals surface area contributed by atoms with E-state index in [2.05, 4.69) is 32.1 Å². The van der Waals surface area contributed by atoms with Crippen molar-refractivity contribution >= 4 is 34.7 Å². The van der Waals surface area contributed by atoms with Crippen LogP contribution in [0, 0.1) is 0 Å². The minimum Gasteiger partial charge on any atom is -0.383 e. The van der Waals surface area contributed by atoms with Gasteiger partial charge in [0.2, 0.25) is 0 Å². The highest BCUT2D eigenvalue weighted by Crippen LogP contribution is 2.25. The molecule has 3 N–H and O–H groups in total. The van der Waals surface area contributed by atoms with Crippen molar-refractivity contribution in [2.75, 3.05) is 50.6 Å². The molecule has 1 fully saturated rings. The molecule has 0 bridgehead atoms. The van der Waals surface area contributed by atoms with Gasteiger partial charge < -0.3 is 20.7 Å². The van der Waals surface area contributed by atoms with E-state index in [1.54, 1.807) is 7.11 Å². The summed E-state index contributed by atoms with van der Waals surface area (Å²) in [7, 11) is 3.86. The third kappa shape index (κ3) is 4.95. The maximum Gasteiger partial charge on any atom is 0.271 e. The van der Waals surface area contributed by atoms with Gasteiger partial charge in [0.05, 0.1) is 18.3 Å². The number of carbonyl (C=O) groups is 1. The standard InChI is InChI=1S/C20H27ClN6O2/c1-4-16-18(21)25-20(17(24-16)19(22)28)23-13-5-7-14(8-6-13)27-10-9-26(2)15(11-27)12-29-3/h5-8,15H,4,9-12H2,1-3H3,(H2,22,28)(H,23,25)/t15-/m1/s1. The van der Waals surface area contributed by atoms with Crippen LogP contribution in [0.1, 0.15) is 23.1 Å². The Morgan fingerprint density at radius 2 is 2.03 bits per heavy atom. The van der Waals surface area contributed by atoms with Crippen LogP contribution in [0.3, 0.4) is 0 Å². The van der Waals surface area contributed by atoms with Gasteiger partial charge in [-0.15, -0.1) is 0 Å². The van der Waals surface area contributed by atoms with Gasteiger partial charge in [-0.2, -0.15) is 0 Å². The molecular weight excluding hydrogens is 392 g/mol. The summed E-state index contributed by atoms with van der Waals surface area (Å²) in [5, 5.41) is 3.37. The zero-order valence-corrected chi connectivity index (χ0v) is 17.7. The Bertz CT molecular complexity index is 861. The number of aromatic nitrogens is 2. The quantitative estimate of drug-likeness (QED) is 0.712. The number of hydrogen-bond acceptors (Lipinski definition) is 7. The minimum absolute atomic E-state index is 0.0804. The van der Waals surface area contributed by atoms with Gasteiger partial charge >= 0.3 is 0 Å². The summed E-state index contributed by atoms with van der Waals surface area (Å²) in [6.45, 7) is 5.43. The Morgan fingerprint density at radius 3 is 2.66 bits per heavy atom. The van der Waals surface area contributed by atoms with Crippen LogP contribution in [0.5, 0.6) is 0 Å². The number of hydrogen-bond donors (Lipinski definition) is 2. The molecule has 0 saturated carbocycles. The van der Waals surface area contributed by atoms with Crippen LogP contribution in [0.2, 0.25) is 5.15 Å². The van der Waals surface area contributed by atoms with Gasteiger partial charge in [-0.05, 0) is 37.7 Å². The fraction of sp³-hybridized carbons (Fsp3) is 0.450. The first-order valence-electron chi connectivity index (χ1n) is 9.60. The molecule has 156 valence electrons. The summed E-state index contributed by atoms with van der Waals surface area (Å²) in [5.41, 5.74) is 7.99. The Balaban J connectivity index is 1.76. The predicted octanol–water partition coefficient (Wildman–Crippen LogP) is 2.30. The number of carbonyl (C=O) groups excluding carboxylic acids is 1. The molecule has 1 aliphatic rings. The van der Waals surface area contributed by atoms with Crippen molar-refractivity contribution in [2.24, 2.45) is 5.73 Å². The van der Waals surface area contributed by atoms with Crippen LogP contribution in [-0.4, -0.2) is 67.2 Å². The number of amides is 1. The fourth-order valence-corrected chi connectivity index (χ4v) is 3.64. The highest BCUT2D eigenvalue weighted by molar-refractivity contribution is 6.30. The van der Waals surface area contributed by atoms with E-state index in [0.717, 1.165) is 31.0 Å². The SMILES string of the molecule is CCc1nc(C(N)=O)c(Nc2ccc(N3CCN(C)[C@@H](COC)C3)cc2)nc1Cl. The predicted molar refractivity (Wildman–Crippen MR) is 115 cm³/mol. The Kier molecular flexibility index (Phi) is 6.89. The molecule has 0 aliphatic carbocycles. The number of piperazine rings is 1. The second-order valence-electron chi connectivity index (χ2n) is 7.08. The number of nitrogens with two attached hydrogens (primary N) is 1. The van der Waals surface area contributed by atoms with Crippen LogP contribution in [0.25, 0.3) is 0 Å². The molecule has 0 unspecified atom stereocenters. The zero-order chi connectivity index (χ0) is 21.0. The molecule has 1 aliphatic heterocycles. The maximum absolute atomic E-state index is 11.8. The van der Waals surface area contributed by atoms with Crippen LogP contribution in [0.15, 0.2) is 24.3 Å². The number of anilines is 3. The summed E-state index contributed by atoms with van der Waals surface area (Å²) < 4.78 is 5.34. The van der Waals surface area contributed by atoms with Crippen LogP contribution < -0.4 is 16.0 Å². The fourth-order valence-electron chi connectivity index (χ4n) is 3.38. The summed E-state index contributed by atoms with van der Waals surface area (Å²) in [6.07, 6.45) is 0.566. The maximum atomic E-state index is 11.8. The van der Waals surface area contributed by atoms with Crippen LogP contribution in [-0.2, 0) is 11.2 Å². The lowest BCUT2D eigenvalue weighted by atomic mass is 10.1. The van der Waals surface area contributed by atoms with Gasteiger partial charge in [-0.1, -0.05) is 18.5 Å². The van der Waals surface area contributed by atoms with Crippen molar-refractivity contribution < 1.29 is 9.53 Å². The normalized spacial score (nSPS) is 17.4. The molecule has 2 aromatic rings. The van der Waals surface area contributed by atoms with E-state index in [0.29, 0.717) is 24.8 Å². The molecule has 0 radical (unpaired) electrons. The number of likely N-dealkylation sites (N-methyl/N-ethyl adjacent to an activating group) is 1. The largest absolute Gasteiger partial charge is 0.383 e. The van der Waals surface area contributed by atoms with Crippen molar-refractivity contribution in [2.45, 2.75) is 19.4 Å². The summed E-state index contributed by atoms with van der Waals surface area (Å²) >= 11 is 6.16. The number of primary amides is 1. The first-order valence-corrected chi connectivity index (χ1v) is 9.98. The molecule has 9 heteroatoms. The molecule has 1 aromatic heterocycles. The minimum atomic E-state index is -0.649. The Labute approximate surface area is 176 Å². The Morgan fingerprint density at radius 1 is 1.31 bits per heavy atom. The van der Waals surface area contributed by atoms with E-state index in [4.69, 9.17) is 22.1 Å². The van der Waals surface area contributed by atoms with Crippen molar-refractivity contribution in [1.82, 2.24) is 14.9 Å². The molecule has 2 heterocycles. The van der Waals surface area contributed by atoms with E-state index in [9.17, 15) is 4.79 Å². The van der Waals surface area contributed by atoms with Gasteiger partial charge in [0, 0.05) is 38.1 Å². The molecule has 29 heavy (non-hydrogen) atoms. The number of nitrogens with one attached hydrogen (secondary N) is 1. The third-order valence-electron chi connectivity index (χ3n) is 5.12. The third-order valence-corrected chi connectivity index (χ3v) is 5.42. The van der Waals surface area contributed by atoms with Crippen LogP contribution in [0.4, 0.5) is 17.2 Å². The molecular formula is C20H27ClN6O2. The highest BCUT2D eigenvalue weighted by Gasteiger charge is 2.24. The van der Waals surface area contributed by atoms with Gasteiger partial charge in [0.25, 0.3) is 5.91 Å². The highest BCUT2D eigenvalue weighted by atomic mass is 35.5. The number of aryl methyl sites for hydroxylation is 1. The molecule has 8 nitrogen and oxygen atoms in total. The second-order valence-corrected chi connectivity index (χ2v) is 7.44. The lowest BCUT2D eigenvalue weighted by molar-refractivity contribution is 0.0987. The van der Waals surface area contributed by atoms with Crippen molar-refractivity contribution in [1.29, 1.82) is 0 Å². The number of nitrogens with zero attached hydrogens (tertiary/aromatic N) is 4. The lowest BCUT2D eigenvalue weighted by Crippen LogP contribution is -2.53. The first-order chi connectivity index (χ1) is 13.9. The number of ether oxygens (including phenoxy) is 1. The molecule has 1 saturated heterocycles. The van der Waals surface area contributed by atoms with E-state index < -0.39 is 5.91 Å². The first kappa shape index (κ1) is 21.3. The zero-order valence-electron chi connectivity index (χ0n) is 17.0. The van der Waals surface area contributed by atoms with Gasteiger partial charge in [0.1, 0.15) is 0 Å². The van der Waals surface area contributed by atoms with E-state index in [1.165, 1.54) is 0 Å². The van der Waals surface area contributed by atoms with E-state index in [1.807, 2.05) is 31.2 Å². The molecule has 1 atom stereocenters. The Hall–Kier alpha value is -2.42. The summed E-state index contributed by atoms with van der Waals surface area (Å²) in [5.74, 6) is -0.392. The van der Waals surface area contributed by atoms with E-state index >= 15 is 0 Å². The molecule has 1 amide bonds. The summed E-state index contributed by atoms with van der Waals surface area (Å²) in [6, 6.07) is 8.31. The van der Waals surface area contributed by atoms with Gasteiger partial charge in [-0.25, -0.2) is 9.97 Å². The lowest BCUT2D eigenvalue weighted by Gasteiger charge is -2.40. The second kappa shape index (κ2) is 9.39.